The van der Waals surface area contributed by atoms with Crippen LogP contribution in [0.4, 0.5) is 10.1 Å². The Morgan fingerprint density at radius 1 is 1.07 bits per heavy atom. The van der Waals surface area contributed by atoms with Crippen LogP contribution in [0.5, 0.6) is 5.75 Å². The maximum absolute atomic E-state index is 14.4. The van der Waals surface area contributed by atoms with E-state index in [0.29, 0.717) is 43.9 Å². The van der Waals surface area contributed by atoms with Crippen molar-refractivity contribution in [1.29, 1.82) is 0 Å². The predicted octanol–water partition coefficient (Wildman–Crippen LogP) is 2.68. The quantitative estimate of drug-likeness (QED) is 0.782. The van der Waals surface area contributed by atoms with Gasteiger partial charge in [-0.05, 0) is 36.8 Å². The van der Waals surface area contributed by atoms with E-state index in [2.05, 4.69) is 0 Å². The molecule has 0 radical (unpaired) electrons. The van der Waals surface area contributed by atoms with Crippen molar-refractivity contribution in [2.24, 2.45) is 0 Å². The minimum absolute atomic E-state index is 0.0155. The van der Waals surface area contributed by atoms with Gasteiger partial charge in [-0.1, -0.05) is 18.2 Å². The van der Waals surface area contributed by atoms with Crippen LogP contribution in [0.2, 0.25) is 0 Å². The Labute approximate surface area is 157 Å². The number of Topliss-reactive ketones (excluding diaryl/α,β-unsaturated/α-hetero) is 1. The van der Waals surface area contributed by atoms with Crippen LogP contribution < -0.4 is 9.64 Å². The van der Waals surface area contributed by atoms with Gasteiger partial charge >= 0.3 is 0 Å². The topological polar surface area (TPSA) is 49.9 Å². The van der Waals surface area contributed by atoms with Gasteiger partial charge in [0.15, 0.2) is 11.9 Å². The SMILES string of the molecule is CC(=O)c1ccc(N2CCN(C(=O)C3Cc4ccccc4O3)CC2)c(F)c1. The van der Waals surface area contributed by atoms with Crippen molar-refractivity contribution in [3.63, 3.8) is 0 Å². The van der Waals surface area contributed by atoms with Crippen molar-refractivity contribution in [3.8, 4) is 5.75 Å². The van der Waals surface area contributed by atoms with Crippen LogP contribution in [0, 0.1) is 5.82 Å². The summed E-state index contributed by atoms with van der Waals surface area (Å²) in [5.41, 5.74) is 1.89. The number of ketones is 1. The molecule has 2 aliphatic heterocycles. The number of rotatable bonds is 3. The second kappa shape index (κ2) is 7.02. The molecule has 0 spiro atoms. The zero-order chi connectivity index (χ0) is 19.0. The molecule has 1 saturated heterocycles. The van der Waals surface area contributed by atoms with Gasteiger partial charge in [-0.2, -0.15) is 0 Å². The molecule has 0 bridgehead atoms. The summed E-state index contributed by atoms with van der Waals surface area (Å²) in [5, 5.41) is 0. The molecule has 1 atom stereocenters. The first-order valence-electron chi connectivity index (χ1n) is 9.12. The Morgan fingerprint density at radius 2 is 1.81 bits per heavy atom. The van der Waals surface area contributed by atoms with E-state index in [0.717, 1.165) is 11.3 Å². The molecule has 2 aromatic rings. The van der Waals surface area contributed by atoms with Gasteiger partial charge in [-0.3, -0.25) is 9.59 Å². The molecule has 2 aliphatic rings. The minimum atomic E-state index is -0.472. The van der Waals surface area contributed by atoms with E-state index in [4.69, 9.17) is 4.74 Å². The fourth-order valence-corrected chi connectivity index (χ4v) is 3.67. The molecule has 1 fully saturated rings. The number of carbonyl (C=O) groups is 2. The maximum atomic E-state index is 14.4. The molecule has 1 amide bonds. The van der Waals surface area contributed by atoms with Crippen molar-refractivity contribution in [3.05, 3.63) is 59.4 Å². The number of ether oxygens (including phenoxy) is 1. The summed E-state index contributed by atoms with van der Waals surface area (Å²) in [7, 11) is 0. The normalized spacial score (nSPS) is 18.8. The Balaban J connectivity index is 1.38. The summed E-state index contributed by atoms with van der Waals surface area (Å²) in [6.45, 7) is 3.54. The van der Waals surface area contributed by atoms with E-state index >= 15 is 0 Å². The second-order valence-electron chi connectivity index (χ2n) is 6.95. The van der Waals surface area contributed by atoms with E-state index in [9.17, 15) is 14.0 Å². The molecular formula is C21H21FN2O3. The molecule has 6 heteroatoms. The minimum Gasteiger partial charge on any atom is -0.480 e. The zero-order valence-electron chi connectivity index (χ0n) is 15.2. The molecule has 140 valence electrons. The predicted molar refractivity (Wildman–Crippen MR) is 99.8 cm³/mol. The summed E-state index contributed by atoms with van der Waals surface area (Å²) >= 11 is 0. The van der Waals surface area contributed by atoms with E-state index < -0.39 is 11.9 Å². The number of halogens is 1. The molecule has 0 aromatic heterocycles. The lowest BCUT2D eigenvalue weighted by molar-refractivity contribution is -0.138. The highest BCUT2D eigenvalue weighted by molar-refractivity contribution is 5.94. The highest BCUT2D eigenvalue weighted by atomic mass is 19.1. The molecule has 27 heavy (non-hydrogen) atoms. The van der Waals surface area contributed by atoms with Gasteiger partial charge in [-0.15, -0.1) is 0 Å². The molecule has 2 aromatic carbocycles. The summed E-state index contributed by atoms with van der Waals surface area (Å²) in [4.78, 5) is 27.8. The first kappa shape index (κ1) is 17.5. The number of fused-ring (bicyclic) bond motifs is 1. The number of benzene rings is 2. The molecule has 1 unspecified atom stereocenters. The average Bonchev–Trinajstić information content (AvgIpc) is 3.11. The number of nitrogens with zero attached hydrogens (tertiary/aromatic N) is 2. The third-order valence-corrected chi connectivity index (χ3v) is 5.21. The van der Waals surface area contributed by atoms with Crippen molar-refractivity contribution in [2.45, 2.75) is 19.4 Å². The monoisotopic (exact) mass is 368 g/mol. The molecule has 0 N–H and O–H groups in total. The maximum Gasteiger partial charge on any atom is 0.264 e. The summed E-state index contributed by atoms with van der Waals surface area (Å²) < 4.78 is 20.1. The number of para-hydroxylation sites is 1. The lowest BCUT2D eigenvalue weighted by Crippen LogP contribution is -2.52. The van der Waals surface area contributed by atoms with Gasteiger partial charge in [0, 0.05) is 38.2 Å². The Bertz CT molecular complexity index is 866. The van der Waals surface area contributed by atoms with Crippen LogP contribution in [0.1, 0.15) is 22.8 Å². The number of hydrogen-bond acceptors (Lipinski definition) is 4. The van der Waals surface area contributed by atoms with Gasteiger partial charge in [0.2, 0.25) is 0 Å². The lowest BCUT2D eigenvalue weighted by Gasteiger charge is -2.37. The van der Waals surface area contributed by atoms with Crippen LogP contribution in [0.25, 0.3) is 0 Å². The smallest absolute Gasteiger partial charge is 0.264 e. The van der Waals surface area contributed by atoms with Gasteiger partial charge in [-0.25, -0.2) is 4.39 Å². The number of piperazine rings is 1. The van der Waals surface area contributed by atoms with Crippen LogP contribution in [0.15, 0.2) is 42.5 Å². The fourth-order valence-electron chi connectivity index (χ4n) is 3.67. The Hall–Kier alpha value is -2.89. The van der Waals surface area contributed by atoms with E-state index in [-0.39, 0.29) is 11.7 Å². The highest BCUT2D eigenvalue weighted by Crippen LogP contribution is 2.29. The summed E-state index contributed by atoms with van der Waals surface area (Å²) in [6, 6.07) is 12.3. The molecule has 4 rings (SSSR count). The lowest BCUT2D eigenvalue weighted by atomic mass is 10.1. The molecular weight excluding hydrogens is 347 g/mol. The van der Waals surface area contributed by atoms with Gasteiger partial charge in [0.1, 0.15) is 11.6 Å². The summed E-state index contributed by atoms with van der Waals surface area (Å²) in [5.74, 6) is 0.200. The van der Waals surface area contributed by atoms with Crippen molar-refractivity contribution >= 4 is 17.4 Å². The highest BCUT2D eigenvalue weighted by Gasteiger charge is 2.33. The standard InChI is InChI=1S/C21H21FN2O3/c1-14(25)15-6-7-18(17(22)12-15)23-8-10-24(11-9-23)21(26)20-13-16-4-2-3-5-19(16)27-20/h2-7,12,20H,8-11,13H2,1H3. The molecule has 0 aliphatic carbocycles. The first-order valence-corrected chi connectivity index (χ1v) is 9.12. The van der Waals surface area contributed by atoms with Crippen LogP contribution in [-0.4, -0.2) is 48.9 Å². The van der Waals surface area contributed by atoms with E-state index in [1.54, 1.807) is 17.0 Å². The van der Waals surface area contributed by atoms with Gasteiger partial charge in [0.05, 0.1) is 5.69 Å². The number of hydrogen-bond donors (Lipinski definition) is 0. The molecule has 0 saturated carbocycles. The largest absolute Gasteiger partial charge is 0.480 e. The molecule has 5 nitrogen and oxygen atoms in total. The summed E-state index contributed by atoms with van der Waals surface area (Å²) in [6.07, 6.45) is 0.122. The van der Waals surface area contributed by atoms with Crippen LogP contribution in [0.3, 0.4) is 0 Å². The molecule has 2 heterocycles. The number of amides is 1. The second-order valence-corrected chi connectivity index (χ2v) is 6.95. The first-order chi connectivity index (χ1) is 13.0. The number of anilines is 1. The van der Waals surface area contributed by atoms with Crippen LogP contribution in [-0.2, 0) is 11.2 Å². The van der Waals surface area contributed by atoms with Gasteiger partial charge in [0.25, 0.3) is 5.91 Å². The number of carbonyl (C=O) groups excluding carboxylic acids is 2. The third kappa shape index (κ3) is 3.39. The van der Waals surface area contributed by atoms with E-state index in [1.807, 2.05) is 29.2 Å². The fraction of sp³-hybridized carbons (Fsp3) is 0.333. The third-order valence-electron chi connectivity index (χ3n) is 5.21. The Morgan fingerprint density at radius 3 is 2.48 bits per heavy atom. The van der Waals surface area contributed by atoms with Crippen molar-refractivity contribution in [1.82, 2.24) is 4.90 Å². The zero-order valence-corrected chi connectivity index (χ0v) is 15.2. The van der Waals surface area contributed by atoms with Crippen molar-refractivity contribution in [2.75, 3.05) is 31.1 Å². The van der Waals surface area contributed by atoms with Crippen LogP contribution >= 0.6 is 0 Å². The van der Waals surface area contributed by atoms with Crippen molar-refractivity contribution < 1.29 is 18.7 Å². The van der Waals surface area contributed by atoms with Gasteiger partial charge < -0.3 is 14.5 Å². The van der Waals surface area contributed by atoms with E-state index in [1.165, 1.54) is 13.0 Å². The Kier molecular flexibility index (Phi) is 4.56. The average molecular weight is 368 g/mol.